The van der Waals surface area contributed by atoms with Gasteiger partial charge in [0, 0.05) is 25.3 Å². The highest BCUT2D eigenvalue weighted by Gasteiger charge is 2.55. The van der Waals surface area contributed by atoms with Gasteiger partial charge in [-0.25, -0.2) is 19.6 Å². The zero-order valence-electron chi connectivity index (χ0n) is 36.6. The largest absolute Gasteiger partial charge is 0.453 e. The fraction of sp³-hybridized carbons (Fsp3) is 0.458. The van der Waals surface area contributed by atoms with E-state index in [0.717, 1.165) is 94.6 Å². The van der Waals surface area contributed by atoms with Crippen LogP contribution >= 0.6 is 0 Å². The van der Waals surface area contributed by atoms with E-state index < -0.39 is 30.4 Å². The Bertz CT molecular complexity index is 2530. The van der Waals surface area contributed by atoms with Gasteiger partial charge in [-0.1, -0.05) is 62.4 Å². The van der Waals surface area contributed by atoms with Crippen molar-refractivity contribution in [3.63, 3.8) is 0 Å². The van der Waals surface area contributed by atoms with Crippen molar-refractivity contribution in [1.82, 2.24) is 40.4 Å². The lowest BCUT2D eigenvalue weighted by molar-refractivity contribution is -0.139. The molecule has 7 atom stereocenters. The quantitative estimate of drug-likeness (QED) is 0.0985. The molecule has 330 valence electrons. The number of imidazole rings is 2. The first-order valence-electron chi connectivity index (χ1n) is 22.0. The molecular formula is C48H56N8O7. The number of methoxy groups -OCH3 is 3. The molecule has 2 unspecified atom stereocenters. The van der Waals surface area contributed by atoms with Crippen molar-refractivity contribution in [1.29, 1.82) is 0 Å². The number of nitrogens with zero attached hydrogens (tertiary/aromatic N) is 4. The number of aromatic nitrogens is 4. The Morgan fingerprint density at radius 3 is 1.97 bits per heavy atom. The highest BCUT2D eigenvalue weighted by Crippen LogP contribution is 2.58. The molecule has 4 amide bonds. The second-order valence-electron chi connectivity index (χ2n) is 18.2. The molecule has 4 heterocycles. The van der Waals surface area contributed by atoms with Gasteiger partial charge in [-0.05, 0) is 102 Å². The van der Waals surface area contributed by atoms with Gasteiger partial charge in [0.15, 0.2) is 0 Å². The van der Waals surface area contributed by atoms with Crippen molar-refractivity contribution in [3.8, 4) is 33.6 Å². The summed E-state index contributed by atoms with van der Waals surface area (Å²) in [6.45, 7) is 6.22. The predicted molar refractivity (Wildman–Crippen MR) is 236 cm³/mol. The average molecular weight is 857 g/mol. The van der Waals surface area contributed by atoms with Crippen molar-refractivity contribution >= 4 is 34.8 Å². The zero-order valence-corrected chi connectivity index (χ0v) is 36.6. The third-order valence-corrected chi connectivity index (χ3v) is 14.0. The number of carbonyl (C=O) groups excluding carboxylic acids is 4. The number of nitrogens with one attached hydrogen (secondary N) is 4. The second-order valence-corrected chi connectivity index (χ2v) is 18.2. The van der Waals surface area contributed by atoms with Crippen LogP contribution in [0.4, 0.5) is 9.59 Å². The zero-order chi connectivity index (χ0) is 44.2. The first kappa shape index (κ1) is 42.1. The number of hydrogen-bond donors (Lipinski definition) is 4. The molecule has 15 nitrogen and oxygen atoms in total. The average Bonchev–Trinajstić information content (AvgIpc) is 3.94. The Labute approximate surface area is 366 Å². The summed E-state index contributed by atoms with van der Waals surface area (Å²) in [7, 11) is 4.10. The number of rotatable bonds is 12. The first-order valence-corrected chi connectivity index (χ1v) is 22.0. The van der Waals surface area contributed by atoms with Gasteiger partial charge in [0.2, 0.25) is 11.8 Å². The molecule has 4 fully saturated rings. The maximum absolute atomic E-state index is 14.0. The minimum Gasteiger partial charge on any atom is -0.453 e. The maximum atomic E-state index is 14.0. The van der Waals surface area contributed by atoms with E-state index in [1.54, 1.807) is 6.92 Å². The summed E-state index contributed by atoms with van der Waals surface area (Å²) in [5, 5.41) is 7.63. The number of carbonyl (C=O) groups is 4. The molecule has 2 bridgehead atoms. The number of ether oxygens (including phenoxy) is 3. The Hall–Kier alpha value is -6.22. The van der Waals surface area contributed by atoms with Gasteiger partial charge < -0.3 is 44.6 Å². The topological polar surface area (TPSA) is 184 Å². The van der Waals surface area contributed by atoms with Crippen LogP contribution in [-0.4, -0.2) is 106 Å². The van der Waals surface area contributed by atoms with Crippen molar-refractivity contribution in [3.05, 3.63) is 84.7 Å². The predicted octanol–water partition coefficient (Wildman–Crippen LogP) is 7.53. The van der Waals surface area contributed by atoms with Crippen LogP contribution in [0.1, 0.15) is 83.0 Å². The Morgan fingerprint density at radius 2 is 1.32 bits per heavy atom. The van der Waals surface area contributed by atoms with Crippen molar-refractivity contribution in [2.24, 2.45) is 17.3 Å². The Kier molecular flexibility index (Phi) is 11.2. The van der Waals surface area contributed by atoms with E-state index in [-0.39, 0.29) is 41.3 Å². The normalized spacial score (nSPS) is 22.3. The molecule has 2 aromatic heterocycles. The maximum Gasteiger partial charge on any atom is 0.407 e. The van der Waals surface area contributed by atoms with E-state index in [1.165, 1.54) is 21.3 Å². The molecule has 4 aliphatic rings. The standard InChI is InChI=1S/C48H56N8O7/c1-26(2)39(53-46(59)62-5)45(58)56-35-16-15-34(21-35)41(56)43-50-23-36(52-43)29-9-7-28(8-10-29)30-11-12-32-20-33(14-13-31(32)19-30)37-24-49-42(51-37)38-22-48(17-18-48)25-55(38)44(57)40(27(3)61-4)54-47(60)63-6/h7-14,19-20,23-24,26-27,34-35,38-41H,15-18,21-22,25H2,1-6H3,(H,49,51)(H,50,52)(H,53,59)(H,54,60)/t27-,34-,35?,38-,39-,40?,41-/m0/s1. The lowest BCUT2D eigenvalue weighted by atomic mass is 9.95. The van der Waals surface area contributed by atoms with Crippen LogP contribution in [0.25, 0.3) is 44.4 Å². The van der Waals surface area contributed by atoms with Crippen molar-refractivity contribution in [2.45, 2.75) is 95.6 Å². The van der Waals surface area contributed by atoms with Crippen LogP contribution in [0.15, 0.2) is 73.1 Å². The van der Waals surface area contributed by atoms with Gasteiger partial charge in [-0.2, -0.15) is 0 Å². The molecule has 2 saturated carbocycles. The Morgan fingerprint density at radius 1 is 0.730 bits per heavy atom. The number of hydrogen-bond acceptors (Lipinski definition) is 9. The number of likely N-dealkylation sites (tertiary alicyclic amines) is 2. The van der Waals surface area contributed by atoms with E-state index in [4.69, 9.17) is 24.2 Å². The fourth-order valence-corrected chi connectivity index (χ4v) is 10.2. The molecule has 9 rings (SSSR count). The van der Waals surface area contributed by atoms with Crippen molar-refractivity contribution in [2.75, 3.05) is 27.9 Å². The molecule has 4 N–H and O–H groups in total. The SMILES string of the molecule is COC(=O)NC(C(=O)N1CC2(CC2)C[C@H]1c1ncc(-c2ccc3cc(-c4ccc(-c5cnc([C@@H]6[C@H]7CCC(C7)N6C(=O)[C@@H](NC(=O)OC)C(C)C)[nH]5)cc4)ccc3c2)[nH]1)[C@H](C)OC. The number of H-pyrrole nitrogens is 2. The van der Waals surface area contributed by atoms with Gasteiger partial charge in [-0.15, -0.1) is 0 Å². The third-order valence-electron chi connectivity index (χ3n) is 14.0. The molecular weight excluding hydrogens is 801 g/mol. The van der Waals surface area contributed by atoms with E-state index in [0.29, 0.717) is 12.5 Å². The monoisotopic (exact) mass is 856 g/mol. The number of benzene rings is 3. The highest BCUT2D eigenvalue weighted by molar-refractivity contribution is 5.91. The summed E-state index contributed by atoms with van der Waals surface area (Å²) in [5.41, 5.74) is 5.98. The van der Waals surface area contributed by atoms with Crippen LogP contribution in [0, 0.1) is 17.3 Å². The van der Waals surface area contributed by atoms with Gasteiger partial charge in [0.25, 0.3) is 0 Å². The minimum atomic E-state index is -0.896. The van der Waals surface area contributed by atoms with Crippen molar-refractivity contribution < 1.29 is 33.4 Å². The van der Waals surface area contributed by atoms with Gasteiger partial charge in [0.1, 0.15) is 23.7 Å². The summed E-state index contributed by atoms with van der Waals surface area (Å²) in [6.07, 6.45) is 7.68. The fourth-order valence-electron chi connectivity index (χ4n) is 10.2. The van der Waals surface area contributed by atoms with Gasteiger partial charge in [0.05, 0.1) is 56.2 Å². The number of alkyl carbamates (subject to hydrolysis) is 2. The summed E-state index contributed by atoms with van der Waals surface area (Å²) in [4.78, 5) is 72.8. The summed E-state index contributed by atoms with van der Waals surface area (Å²) in [6, 6.07) is 19.3. The number of amides is 4. The minimum absolute atomic E-state index is 0.0776. The van der Waals surface area contributed by atoms with Crippen LogP contribution in [0.5, 0.6) is 0 Å². The molecule has 2 aliphatic heterocycles. The molecule has 15 heteroatoms. The molecule has 2 saturated heterocycles. The first-order chi connectivity index (χ1) is 30.4. The summed E-state index contributed by atoms with van der Waals surface area (Å²) in [5.74, 6) is 1.39. The molecule has 1 spiro atoms. The molecule has 5 aromatic rings. The molecule has 63 heavy (non-hydrogen) atoms. The lowest BCUT2D eigenvalue weighted by Gasteiger charge is -2.37. The van der Waals surface area contributed by atoms with E-state index >= 15 is 0 Å². The highest BCUT2D eigenvalue weighted by atomic mass is 16.5. The number of aromatic amines is 2. The second kappa shape index (κ2) is 16.8. The van der Waals surface area contributed by atoms with Gasteiger partial charge >= 0.3 is 12.2 Å². The van der Waals surface area contributed by atoms with Gasteiger partial charge in [-0.3, -0.25) is 9.59 Å². The summed E-state index contributed by atoms with van der Waals surface area (Å²) >= 11 is 0. The number of fused-ring (bicyclic) bond motifs is 3. The van der Waals surface area contributed by atoms with E-state index in [9.17, 15) is 19.2 Å². The summed E-state index contributed by atoms with van der Waals surface area (Å²) < 4.78 is 15.1. The smallest absolute Gasteiger partial charge is 0.407 e. The molecule has 3 aromatic carbocycles. The Balaban J connectivity index is 0.894. The van der Waals surface area contributed by atoms with E-state index in [1.807, 2.05) is 36.0 Å². The van der Waals surface area contributed by atoms with Crippen LogP contribution < -0.4 is 10.6 Å². The van der Waals surface area contributed by atoms with Crippen LogP contribution in [0.3, 0.4) is 0 Å². The third kappa shape index (κ3) is 8.03. The molecule has 0 radical (unpaired) electrons. The van der Waals surface area contributed by atoms with Crippen LogP contribution in [-0.2, 0) is 23.8 Å². The van der Waals surface area contributed by atoms with Crippen LogP contribution in [0.2, 0.25) is 0 Å². The lowest BCUT2D eigenvalue weighted by Crippen LogP contribution is -2.54. The molecule has 2 aliphatic carbocycles. The number of piperidine rings is 1. The van der Waals surface area contributed by atoms with E-state index in [2.05, 4.69) is 81.3 Å².